The van der Waals surface area contributed by atoms with Crippen LogP contribution in [-0.4, -0.2) is 32.7 Å². The van der Waals surface area contributed by atoms with E-state index in [0.717, 1.165) is 18.7 Å². The van der Waals surface area contributed by atoms with Crippen LogP contribution >= 0.6 is 0 Å². The molecule has 0 aliphatic carbocycles. The molecule has 1 aromatic heterocycles. The summed E-state index contributed by atoms with van der Waals surface area (Å²) in [5.41, 5.74) is 6.45. The molecule has 0 amide bonds. The molecule has 0 saturated heterocycles. The molecule has 1 rings (SSSR count). The first kappa shape index (κ1) is 16.2. The van der Waals surface area contributed by atoms with Gasteiger partial charge in [-0.15, -0.1) is 0 Å². The zero-order chi connectivity index (χ0) is 14.5. The van der Waals surface area contributed by atoms with E-state index < -0.39 is 10.0 Å². The summed E-state index contributed by atoms with van der Waals surface area (Å²) >= 11 is 0. The second-order valence-corrected chi connectivity index (χ2v) is 6.26. The molecule has 1 atom stereocenters. The van der Waals surface area contributed by atoms with Gasteiger partial charge in [0.25, 0.3) is 0 Å². The van der Waals surface area contributed by atoms with Crippen molar-refractivity contribution in [2.24, 2.45) is 5.73 Å². The molecular weight excluding hydrogens is 266 g/mol. The number of aromatic nitrogens is 1. The van der Waals surface area contributed by atoms with Crippen molar-refractivity contribution in [3.63, 3.8) is 0 Å². The Balaban J connectivity index is 2.95. The second kappa shape index (κ2) is 7.04. The van der Waals surface area contributed by atoms with Gasteiger partial charge in [-0.25, -0.2) is 13.1 Å². The van der Waals surface area contributed by atoms with Gasteiger partial charge in [-0.1, -0.05) is 6.92 Å². The zero-order valence-electron chi connectivity index (χ0n) is 11.7. The molecule has 6 nitrogen and oxygen atoms in total. The maximum atomic E-state index is 12.2. The Morgan fingerprint density at radius 3 is 2.74 bits per heavy atom. The summed E-state index contributed by atoms with van der Waals surface area (Å²) in [6.07, 6.45) is 2.56. The van der Waals surface area contributed by atoms with Crippen molar-refractivity contribution in [3.8, 4) is 0 Å². The Kier molecular flexibility index (Phi) is 5.99. The molecule has 1 aromatic rings. The quantitative estimate of drug-likeness (QED) is 0.736. The number of hydrogen-bond acceptors (Lipinski definition) is 4. The minimum atomic E-state index is -3.52. The predicted molar refractivity (Wildman–Crippen MR) is 74.3 cm³/mol. The Morgan fingerprint density at radius 1 is 1.53 bits per heavy atom. The van der Waals surface area contributed by atoms with Gasteiger partial charge in [0.15, 0.2) is 0 Å². The van der Waals surface area contributed by atoms with E-state index in [1.165, 1.54) is 7.11 Å². The van der Waals surface area contributed by atoms with Crippen LogP contribution in [0.15, 0.2) is 17.2 Å². The van der Waals surface area contributed by atoms with Crippen molar-refractivity contribution in [3.05, 3.63) is 18.0 Å². The molecule has 110 valence electrons. The molecule has 1 heterocycles. The average molecular weight is 289 g/mol. The number of rotatable bonds is 8. The standard InChI is InChI=1S/C12H23N3O3S/c1-4-5-15-8-12(6-11(15)7-13)19(16,17)14-10(2)9-18-3/h6,8,10,14H,4-5,7,9,13H2,1-3H3. The lowest BCUT2D eigenvalue weighted by Crippen LogP contribution is -2.35. The Morgan fingerprint density at radius 2 is 2.21 bits per heavy atom. The number of hydrogen-bond donors (Lipinski definition) is 2. The third-order valence-electron chi connectivity index (χ3n) is 2.72. The van der Waals surface area contributed by atoms with Crippen LogP contribution in [0.1, 0.15) is 26.0 Å². The van der Waals surface area contributed by atoms with Gasteiger partial charge in [0, 0.05) is 38.1 Å². The van der Waals surface area contributed by atoms with E-state index >= 15 is 0 Å². The lowest BCUT2D eigenvalue weighted by Gasteiger charge is -2.12. The number of nitrogens with one attached hydrogen (secondary N) is 1. The van der Waals surface area contributed by atoms with E-state index in [9.17, 15) is 8.42 Å². The van der Waals surface area contributed by atoms with E-state index in [4.69, 9.17) is 10.5 Å². The Labute approximate surface area is 115 Å². The van der Waals surface area contributed by atoms with Crippen LogP contribution in [0, 0.1) is 0 Å². The van der Waals surface area contributed by atoms with Crippen LogP contribution < -0.4 is 10.5 Å². The molecule has 0 saturated carbocycles. The first-order valence-electron chi connectivity index (χ1n) is 6.35. The number of ether oxygens (including phenoxy) is 1. The maximum absolute atomic E-state index is 12.2. The molecule has 7 heteroatoms. The van der Waals surface area contributed by atoms with Gasteiger partial charge < -0.3 is 15.0 Å². The number of sulfonamides is 1. The fraction of sp³-hybridized carbons (Fsp3) is 0.667. The number of methoxy groups -OCH3 is 1. The van der Waals surface area contributed by atoms with Crippen molar-refractivity contribution in [2.75, 3.05) is 13.7 Å². The van der Waals surface area contributed by atoms with Crippen LogP contribution in [0.3, 0.4) is 0 Å². The normalized spacial score (nSPS) is 13.7. The van der Waals surface area contributed by atoms with Gasteiger partial charge in [0.1, 0.15) is 0 Å². The highest BCUT2D eigenvalue weighted by molar-refractivity contribution is 7.89. The molecule has 0 aliphatic heterocycles. The van der Waals surface area contributed by atoms with Gasteiger partial charge in [-0.2, -0.15) is 0 Å². The van der Waals surface area contributed by atoms with E-state index in [-0.39, 0.29) is 10.9 Å². The number of nitrogens with two attached hydrogens (primary N) is 1. The van der Waals surface area contributed by atoms with Crippen LogP contribution in [0.5, 0.6) is 0 Å². The summed E-state index contributed by atoms with van der Waals surface area (Å²) < 4.78 is 33.7. The van der Waals surface area contributed by atoms with Gasteiger partial charge in [0.05, 0.1) is 11.5 Å². The molecule has 1 unspecified atom stereocenters. The molecule has 19 heavy (non-hydrogen) atoms. The smallest absolute Gasteiger partial charge is 0.242 e. The first-order valence-corrected chi connectivity index (χ1v) is 7.83. The summed E-state index contributed by atoms with van der Waals surface area (Å²) in [7, 11) is -1.98. The van der Waals surface area contributed by atoms with E-state index in [1.807, 2.05) is 11.5 Å². The van der Waals surface area contributed by atoms with Gasteiger partial charge in [0.2, 0.25) is 10.0 Å². The third-order valence-corrected chi connectivity index (χ3v) is 4.27. The molecule has 0 spiro atoms. The zero-order valence-corrected chi connectivity index (χ0v) is 12.5. The lowest BCUT2D eigenvalue weighted by atomic mass is 10.4. The van der Waals surface area contributed by atoms with Crippen LogP contribution in [0.25, 0.3) is 0 Å². The third kappa shape index (κ3) is 4.31. The summed E-state index contributed by atoms with van der Waals surface area (Å²) in [4.78, 5) is 0.254. The molecule has 0 aliphatic rings. The first-order chi connectivity index (χ1) is 8.94. The largest absolute Gasteiger partial charge is 0.383 e. The number of aryl methyl sites for hydroxylation is 1. The SMILES string of the molecule is CCCn1cc(S(=O)(=O)NC(C)COC)cc1CN. The monoisotopic (exact) mass is 289 g/mol. The van der Waals surface area contributed by atoms with Crippen LogP contribution in [0.4, 0.5) is 0 Å². The van der Waals surface area contributed by atoms with Crippen LogP contribution in [-0.2, 0) is 27.8 Å². The minimum absolute atomic E-state index is 0.254. The molecular formula is C12H23N3O3S. The average Bonchev–Trinajstić information content (AvgIpc) is 2.73. The Hall–Kier alpha value is -0.890. The molecule has 3 N–H and O–H groups in total. The summed E-state index contributed by atoms with van der Waals surface area (Å²) in [5.74, 6) is 0. The highest BCUT2D eigenvalue weighted by atomic mass is 32.2. The summed E-state index contributed by atoms with van der Waals surface area (Å²) in [5, 5.41) is 0. The molecule has 0 bridgehead atoms. The van der Waals surface area contributed by atoms with Crippen molar-refractivity contribution in [1.82, 2.24) is 9.29 Å². The van der Waals surface area contributed by atoms with Crippen LogP contribution in [0.2, 0.25) is 0 Å². The fourth-order valence-electron chi connectivity index (χ4n) is 1.91. The second-order valence-electron chi connectivity index (χ2n) is 4.54. The summed E-state index contributed by atoms with van der Waals surface area (Å²) in [6, 6.07) is 1.35. The fourth-order valence-corrected chi connectivity index (χ4v) is 3.20. The highest BCUT2D eigenvalue weighted by Crippen LogP contribution is 2.15. The van der Waals surface area contributed by atoms with Crippen molar-refractivity contribution in [2.45, 2.75) is 44.3 Å². The summed E-state index contributed by atoms with van der Waals surface area (Å²) in [6.45, 7) is 5.21. The van der Waals surface area contributed by atoms with Crippen molar-refractivity contribution >= 4 is 10.0 Å². The topological polar surface area (TPSA) is 86.3 Å². The highest BCUT2D eigenvalue weighted by Gasteiger charge is 2.20. The van der Waals surface area contributed by atoms with E-state index in [2.05, 4.69) is 4.72 Å². The van der Waals surface area contributed by atoms with Crippen molar-refractivity contribution in [1.29, 1.82) is 0 Å². The van der Waals surface area contributed by atoms with Gasteiger partial charge >= 0.3 is 0 Å². The van der Waals surface area contributed by atoms with Gasteiger partial charge in [-0.05, 0) is 19.4 Å². The Bertz CT molecular complexity index is 496. The maximum Gasteiger partial charge on any atom is 0.242 e. The van der Waals surface area contributed by atoms with E-state index in [1.54, 1.807) is 19.2 Å². The molecule has 0 fully saturated rings. The van der Waals surface area contributed by atoms with E-state index in [0.29, 0.717) is 13.2 Å². The van der Waals surface area contributed by atoms with Crippen molar-refractivity contribution < 1.29 is 13.2 Å². The number of nitrogens with zero attached hydrogens (tertiary/aromatic N) is 1. The predicted octanol–water partition coefficient (Wildman–Crippen LogP) is 0.670. The van der Waals surface area contributed by atoms with Gasteiger partial charge in [-0.3, -0.25) is 0 Å². The molecule has 0 radical (unpaired) electrons. The minimum Gasteiger partial charge on any atom is -0.383 e. The molecule has 0 aromatic carbocycles. The lowest BCUT2D eigenvalue weighted by molar-refractivity contribution is 0.180.